The molecule has 4 N–H and O–H groups in total. The van der Waals surface area contributed by atoms with Crippen LogP contribution >= 0.6 is 0 Å². The van der Waals surface area contributed by atoms with Crippen molar-refractivity contribution in [1.29, 1.82) is 0 Å². The van der Waals surface area contributed by atoms with Crippen LogP contribution in [0, 0.1) is 40.9 Å². The molecule has 1 aromatic carbocycles. The Morgan fingerprint density at radius 2 is 1.71 bits per heavy atom. The van der Waals surface area contributed by atoms with E-state index in [-0.39, 0.29) is 30.8 Å². The van der Waals surface area contributed by atoms with Crippen LogP contribution in [0.15, 0.2) is 60.0 Å². The lowest BCUT2D eigenvalue weighted by Gasteiger charge is -2.52. The van der Waals surface area contributed by atoms with Crippen LogP contribution < -0.4 is 5.73 Å². The molecule has 1 unspecified atom stereocenters. The standard InChI is InChI=1S/C65H102FN7O11/c1-16-53(63(8,9)34-54(67)74)83-61(77)42(6)55(52-33-64(10,79-14)59(76)43(7)82-52)41(5)60(65(11,80-15)32-39(3)56-38(2)30-46-20-17-18-22-49(46)69-56)84-62-57(75)50(31-40(4)81-62)72(12)29-27-48-37-73(71-70-48)51(35-66)58(78-13)45-25-23-44(24-26-45)47-21-19-28-68-36-47/h19,21,23-26,28,36-43,46,49-53,55,57-60,62,75-76H,16-18,20,22,27,29-35H2,1-15H3,(H2,67,74)/t38-,39-,40-,41+,42-,43+,46-,49-,50+,51-,52?,53-,55+,57-,58-,59+,60-,62+,64-,65-/m1/s1. The monoisotopic (exact) mass is 1180 g/mol. The van der Waals surface area contributed by atoms with E-state index >= 15 is 4.39 Å². The van der Waals surface area contributed by atoms with Crippen molar-refractivity contribution in [3.05, 3.63) is 66.2 Å². The molecule has 84 heavy (non-hydrogen) atoms. The molecule has 2 saturated heterocycles. The van der Waals surface area contributed by atoms with Crippen molar-refractivity contribution in [1.82, 2.24) is 24.9 Å². The Bertz CT molecular complexity index is 2600. The number of ether oxygens (including phenoxy) is 7. The molecule has 3 aromatic rings. The highest BCUT2D eigenvalue weighted by Crippen LogP contribution is 2.47. The number of pyridine rings is 1. The van der Waals surface area contributed by atoms with Gasteiger partial charge in [0.15, 0.2) is 6.29 Å². The van der Waals surface area contributed by atoms with E-state index in [0.29, 0.717) is 49.9 Å². The number of primary amides is 1. The van der Waals surface area contributed by atoms with Gasteiger partial charge in [-0.1, -0.05) is 96.9 Å². The van der Waals surface area contributed by atoms with Gasteiger partial charge in [-0.15, -0.1) is 5.10 Å². The molecule has 20 atom stereocenters. The van der Waals surface area contributed by atoms with Crippen LogP contribution in [0.5, 0.6) is 0 Å². The minimum absolute atomic E-state index is 0.0208. The molecule has 19 heteroatoms. The smallest absolute Gasteiger partial charge is 0.309 e. The third-order valence-corrected chi connectivity index (χ3v) is 19.8. The van der Waals surface area contributed by atoms with Crippen LogP contribution in [0.4, 0.5) is 4.39 Å². The molecular weight excluding hydrogens is 1070 g/mol. The maximum absolute atomic E-state index is 15.1. The van der Waals surface area contributed by atoms with Crippen LogP contribution in [-0.2, 0) is 49.2 Å². The van der Waals surface area contributed by atoms with Crippen molar-refractivity contribution in [2.24, 2.45) is 51.6 Å². The molecule has 470 valence electrons. The number of benzene rings is 1. The summed E-state index contributed by atoms with van der Waals surface area (Å²) < 4.78 is 62.7. The van der Waals surface area contributed by atoms with Crippen LogP contribution in [-0.4, -0.2) is 167 Å². The Labute approximate surface area is 499 Å². The molecule has 1 saturated carbocycles. The van der Waals surface area contributed by atoms with Gasteiger partial charge in [0, 0.05) is 88.8 Å². The number of esters is 1. The molecule has 0 radical (unpaired) electrons. The van der Waals surface area contributed by atoms with Crippen molar-refractivity contribution in [2.45, 2.75) is 231 Å². The third-order valence-electron chi connectivity index (χ3n) is 19.8. The fourth-order valence-electron chi connectivity index (χ4n) is 14.9. The number of fused-ring (bicyclic) bond motifs is 1. The number of likely N-dealkylation sites (N-methyl/N-ethyl adjacent to an activating group) is 1. The summed E-state index contributed by atoms with van der Waals surface area (Å²) >= 11 is 0. The summed E-state index contributed by atoms with van der Waals surface area (Å²) in [5, 5.41) is 33.1. The predicted molar refractivity (Wildman–Crippen MR) is 321 cm³/mol. The first-order chi connectivity index (χ1) is 39.8. The molecule has 5 heterocycles. The summed E-state index contributed by atoms with van der Waals surface area (Å²) in [6.45, 7) is 21.5. The molecule has 0 spiro atoms. The number of aliphatic hydroxyl groups is 2. The number of carbonyl (C=O) groups is 2. The van der Waals surface area contributed by atoms with E-state index in [4.69, 9.17) is 43.9 Å². The lowest BCUT2D eigenvalue weighted by Crippen LogP contribution is -2.62. The zero-order chi connectivity index (χ0) is 61.4. The van der Waals surface area contributed by atoms with Crippen molar-refractivity contribution in [2.75, 3.05) is 41.6 Å². The number of amides is 1. The SMILES string of the molecule is CC[C@@H](OC(=O)[C@H](C)[C@@H](C1C[C@@](C)(OC)[C@@H](O)[C@H](C)O1)[C@H](C)[C@@H](O[C@@H]1O[C@H](C)C[C@H](N(C)CCc2cn([C@H](CF)[C@H](OC)c3ccc(-c4cccnc4)cc3)nn2)[C@H]1O)[C@@](C)(C[C@@H](C)C1=N[C@@H]2CCCC[C@@H]2C[C@H]1C)OC)C(C)(C)CC(N)=O. The van der Waals surface area contributed by atoms with E-state index in [1.165, 1.54) is 29.7 Å². The van der Waals surface area contributed by atoms with Gasteiger partial charge in [-0.2, -0.15) is 0 Å². The summed E-state index contributed by atoms with van der Waals surface area (Å²) in [5.74, 6) is -2.19. The first-order valence-corrected chi connectivity index (χ1v) is 31.0. The minimum atomic E-state index is -1.15. The van der Waals surface area contributed by atoms with E-state index in [1.54, 1.807) is 39.9 Å². The molecule has 7 rings (SSSR count). The Hall–Kier alpha value is -4.31. The Morgan fingerprint density at radius 1 is 1.00 bits per heavy atom. The average molecular weight is 1180 g/mol. The second kappa shape index (κ2) is 29.1. The number of hydrogen-bond donors (Lipinski definition) is 3. The van der Waals surface area contributed by atoms with Gasteiger partial charge < -0.3 is 54.0 Å². The second-order valence-corrected chi connectivity index (χ2v) is 26.5. The zero-order valence-electron chi connectivity index (χ0n) is 53.0. The number of hydrogen-bond acceptors (Lipinski definition) is 16. The van der Waals surface area contributed by atoms with E-state index in [1.807, 2.05) is 106 Å². The Balaban J connectivity index is 1.18. The summed E-state index contributed by atoms with van der Waals surface area (Å²) in [4.78, 5) is 39.1. The maximum atomic E-state index is 15.1. The van der Waals surface area contributed by atoms with E-state index in [0.717, 1.165) is 29.5 Å². The van der Waals surface area contributed by atoms with Gasteiger partial charge in [0.05, 0.1) is 53.3 Å². The molecule has 4 aliphatic rings. The van der Waals surface area contributed by atoms with Crippen LogP contribution in [0.3, 0.4) is 0 Å². The summed E-state index contributed by atoms with van der Waals surface area (Å²) in [6.07, 6.45) is 6.14. The van der Waals surface area contributed by atoms with E-state index in [2.05, 4.69) is 34.0 Å². The van der Waals surface area contributed by atoms with Gasteiger partial charge in [0.1, 0.15) is 37.1 Å². The normalized spacial score (nSPS) is 30.4. The number of aliphatic hydroxyl groups excluding tert-OH is 2. The quantitative estimate of drug-likeness (QED) is 0.0576. The molecule has 18 nitrogen and oxygen atoms in total. The lowest BCUT2D eigenvalue weighted by molar-refractivity contribution is -0.304. The Kier molecular flexibility index (Phi) is 23.3. The van der Waals surface area contributed by atoms with Crippen molar-refractivity contribution in [3.63, 3.8) is 0 Å². The number of aliphatic imine (C=N–C) groups is 1. The van der Waals surface area contributed by atoms with E-state index in [9.17, 15) is 19.8 Å². The van der Waals surface area contributed by atoms with Gasteiger partial charge in [-0.3, -0.25) is 19.6 Å². The minimum Gasteiger partial charge on any atom is -0.462 e. The van der Waals surface area contributed by atoms with Crippen LogP contribution in [0.1, 0.15) is 164 Å². The molecule has 0 bridgehead atoms. The number of methoxy groups -OCH3 is 3. The van der Waals surface area contributed by atoms with Crippen LogP contribution in [0.2, 0.25) is 0 Å². The van der Waals surface area contributed by atoms with Crippen LogP contribution in [0.25, 0.3) is 11.1 Å². The molecule has 1 amide bonds. The molecular formula is C65H102FN7O11. The lowest BCUT2D eigenvalue weighted by atomic mass is 9.67. The third kappa shape index (κ3) is 15.5. The highest BCUT2D eigenvalue weighted by Gasteiger charge is 2.55. The average Bonchev–Trinajstić information content (AvgIpc) is 3.27. The number of alkyl halides is 1. The van der Waals surface area contributed by atoms with E-state index < -0.39 is 114 Å². The summed E-state index contributed by atoms with van der Waals surface area (Å²) in [7, 11) is 6.79. The largest absolute Gasteiger partial charge is 0.462 e. The molecule has 3 aliphatic heterocycles. The highest BCUT2D eigenvalue weighted by atomic mass is 19.1. The van der Waals surface area contributed by atoms with Crippen molar-refractivity contribution >= 4 is 17.6 Å². The fourth-order valence-corrected chi connectivity index (χ4v) is 14.9. The second-order valence-electron chi connectivity index (χ2n) is 26.5. The number of nitrogens with zero attached hydrogens (tertiary/aromatic N) is 6. The molecule has 1 aliphatic carbocycles. The number of halogens is 1. The van der Waals surface area contributed by atoms with Gasteiger partial charge in [-0.05, 0) is 120 Å². The molecule has 2 aromatic heterocycles. The van der Waals surface area contributed by atoms with Gasteiger partial charge in [0.25, 0.3) is 0 Å². The van der Waals surface area contributed by atoms with Crippen molar-refractivity contribution < 1.29 is 57.4 Å². The molecule has 3 fully saturated rings. The topological polar surface area (TPSA) is 224 Å². The number of aromatic nitrogens is 4. The fraction of sp³-hybridized carbons (Fsp3) is 0.754. The van der Waals surface area contributed by atoms with Crippen molar-refractivity contribution in [3.8, 4) is 11.1 Å². The Morgan fingerprint density at radius 3 is 2.35 bits per heavy atom. The van der Waals surface area contributed by atoms with Gasteiger partial charge in [-0.25, -0.2) is 9.07 Å². The number of rotatable bonds is 28. The summed E-state index contributed by atoms with van der Waals surface area (Å²) in [5.41, 5.74) is 7.43. The summed E-state index contributed by atoms with van der Waals surface area (Å²) in [6, 6.07) is 10.8. The maximum Gasteiger partial charge on any atom is 0.309 e. The highest BCUT2D eigenvalue weighted by molar-refractivity contribution is 5.89. The van der Waals surface area contributed by atoms with Gasteiger partial charge >= 0.3 is 5.97 Å². The first kappa shape index (κ1) is 67.2. The number of nitrogens with two attached hydrogens (primary N) is 1. The zero-order valence-corrected chi connectivity index (χ0v) is 53.0. The number of carbonyl (C=O) groups excluding carboxylic acids is 2. The van der Waals surface area contributed by atoms with Gasteiger partial charge in [0.2, 0.25) is 5.91 Å². The predicted octanol–water partition coefficient (Wildman–Crippen LogP) is 9.49. The first-order valence-electron chi connectivity index (χ1n) is 31.0.